The smallest absolute Gasteiger partial charge is 0.227 e. The van der Waals surface area contributed by atoms with Crippen LogP contribution in [0.5, 0.6) is 0 Å². The molecule has 0 aliphatic carbocycles. The molecule has 0 bridgehead atoms. The van der Waals surface area contributed by atoms with Gasteiger partial charge in [-0.15, -0.1) is 0 Å². The highest BCUT2D eigenvalue weighted by Gasteiger charge is 2.29. The van der Waals surface area contributed by atoms with E-state index in [9.17, 15) is 9.90 Å². The van der Waals surface area contributed by atoms with E-state index in [-0.39, 0.29) is 18.4 Å². The van der Waals surface area contributed by atoms with Gasteiger partial charge in [0.25, 0.3) is 0 Å². The Morgan fingerprint density at radius 3 is 2.46 bits per heavy atom. The third kappa shape index (κ3) is 2.57. The monoisotopic (exact) mass is 317 g/mol. The molecule has 1 unspecified atom stereocenters. The predicted octanol–water partition coefficient (Wildman–Crippen LogP) is 3.85. The van der Waals surface area contributed by atoms with E-state index in [0.717, 1.165) is 11.3 Å². The summed E-state index contributed by atoms with van der Waals surface area (Å²) in [5.74, 6) is 0.141. The van der Waals surface area contributed by atoms with Gasteiger partial charge in [-0.05, 0) is 34.0 Å². The quantitative estimate of drug-likeness (QED) is 0.797. The van der Waals surface area contributed by atoms with Crippen molar-refractivity contribution in [1.29, 1.82) is 0 Å². The standard InChI is InChI=1S/C21H19NO2/c23-14-15-12-21(24)22(13-15)18-10-8-17(9-11-18)20-7-3-5-16-4-1-2-6-19(16)20/h1-11,15,23H,12-14H2. The summed E-state index contributed by atoms with van der Waals surface area (Å²) in [7, 11) is 0. The third-order valence-corrected chi connectivity index (χ3v) is 4.74. The number of carbonyl (C=O) groups is 1. The van der Waals surface area contributed by atoms with Gasteiger partial charge in [0.1, 0.15) is 0 Å². The maximum atomic E-state index is 12.1. The van der Waals surface area contributed by atoms with Gasteiger partial charge in [0, 0.05) is 31.2 Å². The van der Waals surface area contributed by atoms with Crippen LogP contribution in [0.2, 0.25) is 0 Å². The van der Waals surface area contributed by atoms with Crippen molar-refractivity contribution < 1.29 is 9.90 Å². The molecule has 4 rings (SSSR count). The van der Waals surface area contributed by atoms with Gasteiger partial charge in [-0.25, -0.2) is 0 Å². The minimum atomic E-state index is 0.0512. The van der Waals surface area contributed by atoms with Gasteiger partial charge >= 0.3 is 0 Å². The summed E-state index contributed by atoms with van der Waals surface area (Å²) >= 11 is 0. The predicted molar refractivity (Wildman–Crippen MR) is 96.9 cm³/mol. The van der Waals surface area contributed by atoms with E-state index < -0.39 is 0 Å². The lowest BCUT2D eigenvalue weighted by Crippen LogP contribution is -2.24. The van der Waals surface area contributed by atoms with Crippen molar-refractivity contribution in [2.75, 3.05) is 18.1 Å². The maximum absolute atomic E-state index is 12.1. The molecule has 0 spiro atoms. The Balaban J connectivity index is 1.68. The number of aliphatic hydroxyl groups excluding tert-OH is 1. The normalized spacial score (nSPS) is 17.6. The zero-order valence-corrected chi connectivity index (χ0v) is 13.4. The minimum absolute atomic E-state index is 0.0512. The molecule has 3 heteroatoms. The van der Waals surface area contributed by atoms with E-state index in [4.69, 9.17) is 0 Å². The number of rotatable bonds is 3. The largest absolute Gasteiger partial charge is 0.396 e. The molecule has 3 aromatic carbocycles. The highest BCUT2D eigenvalue weighted by molar-refractivity contribution is 5.98. The topological polar surface area (TPSA) is 40.5 Å². The Bertz CT molecular complexity index is 880. The van der Waals surface area contributed by atoms with Crippen LogP contribution in [-0.4, -0.2) is 24.2 Å². The highest BCUT2D eigenvalue weighted by atomic mass is 16.3. The Kier molecular flexibility index (Phi) is 3.79. The third-order valence-electron chi connectivity index (χ3n) is 4.74. The molecule has 0 radical (unpaired) electrons. The molecule has 3 aromatic rings. The van der Waals surface area contributed by atoms with Gasteiger partial charge in [-0.3, -0.25) is 4.79 Å². The van der Waals surface area contributed by atoms with Crippen LogP contribution in [-0.2, 0) is 4.79 Å². The highest BCUT2D eigenvalue weighted by Crippen LogP contribution is 2.31. The molecular weight excluding hydrogens is 298 g/mol. The molecule has 3 nitrogen and oxygen atoms in total. The lowest BCUT2D eigenvalue weighted by Gasteiger charge is -2.17. The molecule has 1 N–H and O–H groups in total. The number of hydrogen-bond acceptors (Lipinski definition) is 2. The van der Waals surface area contributed by atoms with Crippen molar-refractivity contribution in [2.24, 2.45) is 5.92 Å². The van der Waals surface area contributed by atoms with Crippen molar-refractivity contribution in [3.8, 4) is 11.1 Å². The second kappa shape index (κ2) is 6.10. The summed E-state index contributed by atoms with van der Waals surface area (Å²) in [4.78, 5) is 13.9. The summed E-state index contributed by atoms with van der Waals surface area (Å²) in [6, 6.07) is 22.8. The molecular formula is C21H19NO2. The van der Waals surface area contributed by atoms with Crippen LogP contribution in [0.25, 0.3) is 21.9 Å². The minimum Gasteiger partial charge on any atom is -0.396 e. The Hall–Kier alpha value is -2.65. The SMILES string of the molecule is O=C1CC(CO)CN1c1ccc(-c2cccc3ccccc23)cc1. The van der Waals surface area contributed by atoms with Crippen LogP contribution in [0.15, 0.2) is 66.7 Å². The van der Waals surface area contributed by atoms with E-state index in [1.807, 2.05) is 18.2 Å². The zero-order chi connectivity index (χ0) is 16.5. The summed E-state index contributed by atoms with van der Waals surface area (Å²) in [5.41, 5.74) is 3.24. The van der Waals surface area contributed by atoms with Crippen molar-refractivity contribution in [3.63, 3.8) is 0 Å². The van der Waals surface area contributed by atoms with E-state index in [1.165, 1.54) is 16.3 Å². The van der Waals surface area contributed by atoms with Crippen molar-refractivity contribution in [1.82, 2.24) is 0 Å². The fourth-order valence-electron chi connectivity index (χ4n) is 3.45. The molecule has 1 fully saturated rings. The van der Waals surface area contributed by atoms with Crippen molar-refractivity contribution in [3.05, 3.63) is 66.7 Å². The van der Waals surface area contributed by atoms with Crippen LogP contribution in [0.3, 0.4) is 0 Å². The van der Waals surface area contributed by atoms with Gasteiger partial charge in [-0.2, -0.15) is 0 Å². The Morgan fingerprint density at radius 2 is 1.71 bits per heavy atom. The number of anilines is 1. The Labute approximate surface area is 141 Å². The van der Waals surface area contributed by atoms with Gasteiger partial charge in [0.15, 0.2) is 0 Å². The first-order chi connectivity index (χ1) is 11.8. The number of fused-ring (bicyclic) bond motifs is 1. The first kappa shape index (κ1) is 14.9. The molecule has 1 amide bonds. The average Bonchev–Trinajstić information content (AvgIpc) is 3.02. The summed E-state index contributed by atoms with van der Waals surface area (Å²) < 4.78 is 0. The summed E-state index contributed by atoms with van der Waals surface area (Å²) in [6.07, 6.45) is 0.432. The van der Waals surface area contributed by atoms with Gasteiger partial charge in [0.2, 0.25) is 5.91 Å². The fourth-order valence-corrected chi connectivity index (χ4v) is 3.45. The van der Waals surface area contributed by atoms with Crippen LogP contribution in [0.4, 0.5) is 5.69 Å². The molecule has 0 saturated carbocycles. The second-order valence-corrected chi connectivity index (χ2v) is 6.33. The van der Waals surface area contributed by atoms with Gasteiger partial charge < -0.3 is 10.0 Å². The summed E-state index contributed by atoms with van der Waals surface area (Å²) in [6.45, 7) is 0.666. The molecule has 1 aliphatic rings. The Morgan fingerprint density at radius 1 is 0.958 bits per heavy atom. The van der Waals surface area contributed by atoms with Gasteiger partial charge in [-0.1, -0.05) is 54.6 Å². The lowest BCUT2D eigenvalue weighted by atomic mass is 9.98. The fraction of sp³-hybridized carbons (Fsp3) is 0.190. The first-order valence-electron chi connectivity index (χ1n) is 8.25. The van der Waals surface area contributed by atoms with E-state index >= 15 is 0 Å². The molecule has 24 heavy (non-hydrogen) atoms. The van der Waals surface area contributed by atoms with Crippen LogP contribution in [0.1, 0.15) is 6.42 Å². The molecule has 1 saturated heterocycles. The molecule has 1 aliphatic heterocycles. The number of hydrogen-bond donors (Lipinski definition) is 1. The van der Waals surface area contributed by atoms with E-state index in [1.54, 1.807) is 4.90 Å². The number of amides is 1. The van der Waals surface area contributed by atoms with Crippen LogP contribution in [0, 0.1) is 5.92 Å². The molecule has 0 aromatic heterocycles. The molecule has 120 valence electrons. The van der Waals surface area contributed by atoms with Crippen molar-refractivity contribution >= 4 is 22.4 Å². The zero-order valence-electron chi connectivity index (χ0n) is 13.4. The molecule has 1 heterocycles. The van der Waals surface area contributed by atoms with Crippen molar-refractivity contribution in [2.45, 2.75) is 6.42 Å². The van der Waals surface area contributed by atoms with E-state index in [0.29, 0.717) is 13.0 Å². The lowest BCUT2D eigenvalue weighted by molar-refractivity contribution is -0.117. The van der Waals surface area contributed by atoms with Gasteiger partial charge in [0.05, 0.1) is 0 Å². The maximum Gasteiger partial charge on any atom is 0.227 e. The van der Waals surface area contributed by atoms with E-state index in [2.05, 4.69) is 48.5 Å². The average molecular weight is 317 g/mol. The van der Waals surface area contributed by atoms with Crippen LogP contribution < -0.4 is 4.90 Å². The van der Waals surface area contributed by atoms with Crippen LogP contribution >= 0.6 is 0 Å². The summed E-state index contributed by atoms with van der Waals surface area (Å²) in [5, 5.41) is 11.7. The number of carbonyl (C=O) groups excluding carboxylic acids is 1. The first-order valence-corrected chi connectivity index (χ1v) is 8.25. The molecule has 1 atom stereocenters. The second-order valence-electron chi connectivity index (χ2n) is 6.33. The number of benzene rings is 3. The number of aliphatic hydroxyl groups is 1. The number of nitrogens with zero attached hydrogens (tertiary/aromatic N) is 1.